The van der Waals surface area contributed by atoms with E-state index in [1.165, 1.54) is 19.3 Å². The van der Waals surface area contributed by atoms with Gasteiger partial charge in [-0.2, -0.15) is 0 Å². The molecule has 1 fully saturated rings. The molecule has 1 saturated carbocycles. The minimum Gasteiger partial charge on any atom is -0.445 e. The van der Waals surface area contributed by atoms with Crippen molar-refractivity contribution in [2.24, 2.45) is 11.8 Å². The minimum absolute atomic E-state index is 0.0418. The van der Waals surface area contributed by atoms with Gasteiger partial charge >= 0.3 is 6.09 Å². The smallest absolute Gasteiger partial charge is 0.407 e. The van der Waals surface area contributed by atoms with Gasteiger partial charge in [-0.25, -0.2) is 4.79 Å². The van der Waals surface area contributed by atoms with Gasteiger partial charge in [0.15, 0.2) is 0 Å². The number of hydrogen-bond donors (Lipinski definition) is 1. The van der Waals surface area contributed by atoms with Crippen LogP contribution in [-0.4, -0.2) is 18.4 Å². The standard InChI is InChI=1S/C20H29NO3/c1-2-3-5-11-17-12-8-13-19(22)18(17)14-21-20(23)24-15-16-9-6-4-7-10-16/h4,6-7,9-10,17-18H,2-3,5,8,11-15H2,1H3,(H,21,23)/t17-,18+/m1/s1. The summed E-state index contributed by atoms with van der Waals surface area (Å²) in [7, 11) is 0. The molecule has 2 atom stereocenters. The van der Waals surface area contributed by atoms with Crippen molar-refractivity contribution < 1.29 is 14.3 Å². The summed E-state index contributed by atoms with van der Waals surface area (Å²) in [5.41, 5.74) is 0.957. The maximum atomic E-state index is 12.2. The molecule has 0 aromatic heterocycles. The number of carbonyl (C=O) groups is 2. The summed E-state index contributed by atoms with van der Waals surface area (Å²) < 4.78 is 5.23. The van der Waals surface area contributed by atoms with E-state index in [9.17, 15) is 9.59 Å². The lowest BCUT2D eigenvalue weighted by atomic mass is 9.76. The van der Waals surface area contributed by atoms with E-state index in [1.807, 2.05) is 30.3 Å². The number of unbranched alkanes of at least 4 members (excludes halogenated alkanes) is 2. The predicted molar refractivity (Wildman–Crippen MR) is 94.6 cm³/mol. The second-order valence-corrected chi connectivity index (χ2v) is 6.66. The Morgan fingerprint density at radius 3 is 2.79 bits per heavy atom. The van der Waals surface area contributed by atoms with Crippen molar-refractivity contribution in [1.29, 1.82) is 0 Å². The molecule has 4 heteroatoms. The topological polar surface area (TPSA) is 55.4 Å². The fraction of sp³-hybridized carbons (Fsp3) is 0.600. The molecule has 0 spiro atoms. The summed E-state index contributed by atoms with van der Waals surface area (Å²) in [6, 6.07) is 9.59. The van der Waals surface area contributed by atoms with Gasteiger partial charge in [-0.1, -0.05) is 56.5 Å². The molecule has 2 rings (SSSR count). The van der Waals surface area contributed by atoms with Crippen LogP contribution in [0.4, 0.5) is 4.79 Å². The van der Waals surface area contributed by atoms with Gasteiger partial charge in [-0.05, 0) is 30.7 Å². The molecule has 1 aromatic rings. The number of rotatable bonds is 8. The highest BCUT2D eigenvalue weighted by Gasteiger charge is 2.31. The van der Waals surface area contributed by atoms with Crippen molar-refractivity contribution in [3.05, 3.63) is 35.9 Å². The van der Waals surface area contributed by atoms with Crippen LogP contribution in [0.5, 0.6) is 0 Å². The Morgan fingerprint density at radius 1 is 1.25 bits per heavy atom. The summed E-state index contributed by atoms with van der Waals surface area (Å²) in [5.74, 6) is 0.665. The molecule has 24 heavy (non-hydrogen) atoms. The maximum Gasteiger partial charge on any atom is 0.407 e. The van der Waals surface area contributed by atoms with Crippen molar-refractivity contribution in [3.8, 4) is 0 Å². The second-order valence-electron chi connectivity index (χ2n) is 6.66. The molecule has 0 bridgehead atoms. The third-order valence-corrected chi connectivity index (χ3v) is 4.84. The SMILES string of the molecule is CCCCC[C@@H]1CCCC(=O)[C@H]1CNC(=O)OCc1ccccc1. The number of carbonyl (C=O) groups excluding carboxylic acids is 2. The molecule has 1 aromatic carbocycles. The number of benzene rings is 1. The zero-order valence-corrected chi connectivity index (χ0v) is 14.6. The largest absolute Gasteiger partial charge is 0.445 e. The molecule has 0 radical (unpaired) electrons. The summed E-state index contributed by atoms with van der Waals surface area (Å²) in [6.45, 7) is 2.85. The summed E-state index contributed by atoms with van der Waals surface area (Å²) >= 11 is 0. The van der Waals surface area contributed by atoms with Gasteiger partial charge in [0.1, 0.15) is 12.4 Å². The van der Waals surface area contributed by atoms with Crippen LogP contribution >= 0.6 is 0 Å². The van der Waals surface area contributed by atoms with E-state index >= 15 is 0 Å². The zero-order valence-electron chi connectivity index (χ0n) is 14.6. The van der Waals surface area contributed by atoms with Crippen LogP contribution in [0.1, 0.15) is 57.4 Å². The van der Waals surface area contributed by atoms with Crippen molar-refractivity contribution in [2.75, 3.05) is 6.54 Å². The Hall–Kier alpha value is -1.84. The molecule has 1 aliphatic rings. The molecular formula is C20H29NO3. The molecule has 4 nitrogen and oxygen atoms in total. The van der Waals surface area contributed by atoms with Crippen LogP contribution < -0.4 is 5.32 Å². The minimum atomic E-state index is -0.440. The second kappa shape index (κ2) is 10.1. The Labute approximate surface area is 145 Å². The summed E-state index contributed by atoms with van der Waals surface area (Å²) in [4.78, 5) is 24.1. The van der Waals surface area contributed by atoms with Crippen molar-refractivity contribution in [2.45, 2.75) is 58.5 Å². The average molecular weight is 331 g/mol. The Bertz CT molecular complexity index is 515. The number of ether oxygens (including phenoxy) is 1. The van der Waals surface area contributed by atoms with Crippen molar-refractivity contribution in [3.63, 3.8) is 0 Å². The number of alkyl carbamates (subject to hydrolysis) is 1. The van der Waals surface area contributed by atoms with E-state index in [1.54, 1.807) is 0 Å². The molecule has 132 valence electrons. The highest BCUT2D eigenvalue weighted by Crippen LogP contribution is 2.31. The molecule has 0 saturated heterocycles. The van der Waals surface area contributed by atoms with E-state index in [4.69, 9.17) is 4.74 Å². The van der Waals surface area contributed by atoms with Crippen LogP contribution in [0.15, 0.2) is 30.3 Å². The van der Waals surface area contributed by atoms with E-state index in [-0.39, 0.29) is 12.5 Å². The van der Waals surface area contributed by atoms with Gasteiger partial charge in [0.05, 0.1) is 0 Å². The lowest BCUT2D eigenvalue weighted by Gasteiger charge is -2.30. The first kappa shape index (κ1) is 18.5. The van der Waals surface area contributed by atoms with Crippen LogP contribution in [0, 0.1) is 11.8 Å². The molecule has 0 aliphatic heterocycles. The van der Waals surface area contributed by atoms with Gasteiger partial charge in [-0.15, -0.1) is 0 Å². The third-order valence-electron chi connectivity index (χ3n) is 4.84. The average Bonchev–Trinajstić information content (AvgIpc) is 2.60. The van der Waals surface area contributed by atoms with Gasteiger partial charge in [0.2, 0.25) is 0 Å². The first-order valence-corrected chi connectivity index (χ1v) is 9.18. The first-order chi connectivity index (χ1) is 11.7. The van der Waals surface area contributed by atoms with Crippen LogP contribution in [-0.2, 0) is 16.1 Å². The monoisotopic (exact) mass is 331 g/mol. The molecule has 1 N–H and O–H groups in total. The number of amides is 1. The summed E-state index contributed by atoms with van der Waals surface area (Å²) in [5, 5.41) is 2.79. The van der Waals surface area contributed by atoms with Crippen molar-refractivity contribution >= 4 is 11.9 Å². The number of Topliss-reactive ketones (excluding diaryl/α,β-unsaturated/α-hetero) is 1. The van der Waals surface area contributed by atoms with Crippen LogP contribution in [0.25, 0.3) is 0 Å². The number of ketones is 1. The maximum absolute atomic E-state index is 12.2. The highest BCUT2D eigenvalue weighted by molar-refractivity contribution is 5.82. The lowest BCUT2D eigenvalue weighted by molar-refractivity contribution is -0.126. The van der Waals surface area contributed by atoms with Gasteiger partial charge in [0, 0.05) is 18.9 Å². The van der Waals surface area contributed by atoms with E-state index in [0.29, 0.717) is 24.7 Å². The third kappa shape index (κ3) is 5.99. The number of hydrogen-bond acceptors (Lipinski definition) is 3. The Morgan fingerprint density at radius 2 is 2.04 bits per heavy atom. The first-order valence-electron chi connectivity index (χ1n) is 9.18. The van der Waals surface area contributed by atoms with Gasteiger partial charge < -0.3 is 10.1 Å². The van der Waals surface area contributed by atoms with Gasteiger partial charge in [-0.3, -0.25) is 4.79 Å². The molecular weight excluding hydrogens is 302 g/mol. The van der Waals surface area contributed by atoms with Crippen LogP contribution in [0.2, 0.25) is 0 Å². The van der Waals surface area contributed by atoms with E-state index < -0.39 is 6.09 Å². The Kier molecular flexibility index (Phi) is 7.80. The van der Waals surface area contributed by atoms with E-state index in [0.717, 1.165) is 24.8 Å². The van der Waals surface area contributed by atoms with Crippen LogP contribution in [0.3, 0.4) is 0 Å². The molecule has 1 aliphatic carbocycles. The quantitative estimate of drug-likeness (QED) is 0.715. The predicted octanol–water partition coefficient (Wildman–Crippen LogP) is 4.48. The molecule has 0 unspecified atom stereocenters. The van der Waals surface area contributed by atoms with Gasteiger partial charge in [0.25, 0.3) is 0 Å². The fourth-order valence-electron chi connectivity index (χ4n) is 3.44. The zero-order chi connectivity index (χ0) is 17.2. The van der Waals surface area contributed by atoms with E-state index in [2.05, 4.69) is 12.2 Å². The normalized spacial score (nSPS) is 20.6. The molecule has 0 heterocycles. The Balaban J connectivity index is 1.76. The highest BCUT2D eigenvalue weighted by atomic mass is 16.5. The lowest BCUT2D eigenvalue weighted by Crippen LogP contribution is -2.39. The van der Waals surface area contributed by atoms with Crippen molar-refractivity contribution in [1.82, 2.24) is 5.32 Å². The fourth-order valence-corrected chi connectivity index (χ4v) is 3.44. The molecule has 1 amide bonds. The summed E-state index contributed by atoms with van der Waals surface area (Å²) in [6.07, 6.45) is 6.96. The number of nitrogens with one attached hydrogen (secondary N) is 1.